The second-order valence-electron chi connectivity index (χ2n) is 3.38. The highest BCUT2D eigenvalue weighted by Crippen LogP contribution is 2.18. The van der Waals surface area contributed by atoms with Crippen molar-refractivity contribution in [2.75, 3.05) is 26.7 Å². The van der Waals surface area contributed by atoms with Crippen LogP contribution in [0.5, 0.6) is 0 Å². The van der Waals surface area contributed by atoms with E-state index in [9.17, 15) is 18.0 Å². The van der Waals surface area contributed by atoms with Crippen LogP contribution in [0.25, 0.3) is 0 Å². The zero-order valence-corrected chi connectivity index (χ0v) is 10.4. The Balaban J connectivity index is 4.04. The summed E-state index contributed by atoms with van der Waals surface area (Å²) in [6.45, 7) is 2.22. The number of nitrogens with one attached hydrogen (secondary N) is 2. The third-order valence-corrected chi connectivity index (χ3v) is 1.86. The van der Waals surface area contributed by atoms with Gasteiger partial charge in [-0.05, 0) is 6.92 Å². The Morgan fingerprint density at radius 3 is 2.50 bits per heavy atom. The molecule has 0 fully saturated rings. The maximum absolute atomic E-state index is 11.9. The second-order valence-corrected chi connectivity index (χ2v) is 3.38. The van der Waals surface area contributed by atoms with Gasteiger partial charge in [0.05, 0.1) is 26.5 Å². The number of esters is 1. The molecule has 0 radical (unpaired) electrons. The number of guanidine groups is 1. The summed E-state index contributed by atoms with van der Waals surface area (Å²) in [5.41, 5.74) is 0. The highest BCUT2D eigenvalue weighted by atomic mass is 19.4. The first-order chi connectivity index (χ1) is 8.39. The Morgan fingerprint density at radius 1 is 1.33 bits per heavy atom. The molecule has 8 heteroatoms. The molecule has 0 spiro atoms. The lowest BCUT2D eigenvalue weighted by Gasteiger charge is -2.11. The van der Waals surface area contributed by atoms with Gasteiger partial charge < -0.3 is 15.4 Å². The van der Waals surface area contributed by atoms with Gasteiger partial charge in [-0.15, -0.1) is 0 Å². The number of carbonyl (C=O) groups is 1. The molecule has 0 aliphatic rings. The molecule has 0 rings (SSSR count). The zero-order chi connectivity index (χ0) is 14.0. The number of ether oxygens (including phenoxy) is 1. The van der Waals surface area contributed by atoms with Crippen LogP contribution in [0.1, 0.15) is 19.8 Å². The standard InChI is InChI=1S/C10H18F3N3O2/c1-3-14-9(15-6-4-8(17)18-2)16-7-5-10(11,12)13/h3-7H2,1-2H3,(H2,14,15,16). The maximum Gasteiger partial charge on any atom is 0.390 e. The number of carbonyl (C=O) groups excluding carboxylic acids is 1. The number of aliphatic imine (C=N–C) groups is 1. The minimum Gasteiger partial charge on any atom is -0.469 e. The summed E-state index contributed by atoms with van der Waals surface area (Å²) in [5.74, 6) is -0.140. The predicted octanol–water partition coefficient (Wildman–Crippen LogP) is 1.06. The van der Waals surface area contributed by atoms with Crippen LogP contribution < -0.4 is 10.6 Å². The fourth-order valence-electron chi connectivity index (χ4n) is 1.02. The normalized spacial score (nSPS) is 12.2. The fourth-order valence-corrected chi connectivity index (χ4v) is 1.02. The Labute approximate surface area is 104 Å². The lowest BCUT2D eigenvalue weighted by Crippen LogP contribution is -2.38. The molecular formula is C10H18F3N3O2. The van der Waals surface area contributed by atoms with E-state index in [1.165, 1.54) is 7.11 Å². The minimum absolute atomic E-state index is 0.125. The molecule has 0 aromatic carbocycles. The average molecular weight is 269 g/mol. The van der Waals surface area contributed by atoms with Crippen LogP contribution in [0.15, 0.2) is 4.99 Å². The quantitative estimate of drug-likeness (QED) is 0.430. The Bertz CT molecular complexity index is 280. The third kappa shape index (κ3) is 9.73. The molecule has 0 aromatic rings. The van der Waals surface area contributed by atoms with E-state index in [1.54, 1.807) is 6.92 Å². The average Bonchev–Trinajstić information content (AvgIpc) is 2.27. The van der Waals surface area contributed by atoms with Crippen LogP contribution in [0.4, 0.5) is 13.2 Å². The van der Waals surface area contributed by atoms with Crippen LogP contribution in [0.3, 0.4) is 0 Å². The van der Waals surface area contributed by atoms with Gasteiger partial charge in [-0.25, -0.2) is 0 Å². The van der Waals surface area contributed by atoms with Gasteiger partial charge in [-0.2, -0.15) is 13.2 Å². The molecule has 0 amide bonds. The van der Waals surface area contributed by atoms with Crippen molar-refractivity contribution in [2.24, 2.45) is 4.99 Å². The van der Waals surface area contributed by atoms with Crippen molar-refractivity contribution in [3.05, 3.63) is 0 Å². The van der Waals surface area contributed by atoms with Crippen molar-refractivity contribution < 1.29 is 22.7 Å². The Hall–Kier alpha value is -1.47. The van der Waals surface area contributed by atoms with Crippen molar-refractivity contribution in [1.29, 1.82) is 0 Å². The highest BCUT2D eigenvalue weighted by molar-refractivity contribution is 5.80. The van der Waals surface area contributed by atoms with Crippen LogP contribution >= 0.6 is 0 Å². The monoisotopic (exact) mass is 269 g/mol. The third-order valence-electron chi connectivity index (χ3n) is 1.86. The molecule has 0 bridgehead atoms. The molecule has 0 heterocycles. The van der Waals surface area contributed by atoms with Crippen molar-refractivity contribution in [3.8, 4) is 0 Å². The summed E-state index contributed by atoms with van der Waals surface area (Å²) >= 11 is 0. The van der Waals surface area contributed by atoms with Crippen molar-refractivity contribution in [2.45, 2.75) is 25.9 Å². The van der Waals surface area contributed by atoms with Gasteiger partial charge in [0.25, 0.3) is 0 Å². The maximum atomic E-state index is 11.9. The van der Waals surface area contributed by atoms with Crippen LogP contribution in [0, 0.1) is 0 Å². The topological polar surface area (TPSA) is 62.7 Å². The minimum atomic E-state index is -4.22. The first kappa shape index (κ1) is 16.5. The summed E-state index contributed by atoms with van der Waals surface area (Å²) in [4.78, 5) is 14.6. The molecule has 106 valence electrons. The van der Waals surface area contributed by atoms with E-state index >= 15 is 0 Å². The molecule has 0 aliphatic heterocycles. The van der Waals surface area contributed by atoms with E-state index < -0.39 is 18.6 Å². The lowest BCUT2D eigenvalue weighted by molar-refractivity contribution is -0.140. The van der Waals surface area contributed by atoms with Gasteiger partial charge in [0.15, 0.2) is 5.96 Å². The van der Waals surface area contributed by atoms with Gasteiger partial charge in [0.2, 0.25) is 0 Å². The van der Waals surface area contributed by atoms with Crippen LogP contribution in [-0.4, -0.2) is 44.8 Å². The van der Waals surface area contributed by atoms with Crippen LogP contribution in [-0.2, 0) is 9.53 Å². The first-order valence-electron chi connectivity index (χ1n) is 5.54. The van der Waals surface area contributed by atoms with E-state index in [0.29, 0.717) is 6.54 Å². The number of rotatable bonds is 6. The molecule has 0 atom stereocenters. The van der Waals surface area contributed by atoms with Crippen molar-refractivity contribution >= 4 is 11.9 Å². The van der Waals surface area contributed by atoms with E-state index in [-0.39, 0.29) is 25.5 Å². The smallest absolute Gasteiger partial charge is 0.390 e. The molecule has 0 saturated carbocycles. The summed E-state index contributed by atoms with van der Waals surface area (Å²) in [6.07, 6.45) is -5.06. The molecule has 0 aliphatic carbocycles. The van der Waals surface area contributed by atoms with Gasteiger partial charge in [-0.1, -0.05) is 0 Å². The molecule has 0 aromatic heterocycles. The largest absolute Gasteiger partial charge is 0.469 e. The summed E-state index contributed by atoms with van der Waals surface area (Å²) < 4.78 is 40.2. The predicted molar refractivity (Wildman–Crippen MR) is 61.3 cm³/mol. The van der Waals surface area contributed by atoms with Gasteiger partial charge in [0.1, 0.15) is 0 Å². The van der Waals surface area contributed by atoms with Crippen molar-refractivity contribution in [1.82, 2.24) is 10.6 Å². The molecule has 18 heavy (non-hydrogen) atoms. The number of hydrogen-bond acceptors (Lipinski definition) is 3. The van der Waals surface area contributed by atoms with Gasteiger partial charge in [-0.3, -0.25) is 9.79 Å². The fraction of sp³-hybridized carbons (Fsp3) is 0.800. The number of halogens is 3. The number of hydrogen-bond donors (Lipinski definition) is 2. The Kier molecular flexibility index (Phi) is 7.89. The van der Waals surface area contributed by atoms with E-state index in [0.717, 1.165) is 0 Å². The molecular weight excluding hydrogens is 251 g/mol. The number of methoxy groups -OCH3 is 1. The van der Waals surface area contributed by atoms with E-state index in [4.69, 9.17) is 0 Å². The summed E-state index contributed by atoms with van der Waals surface area (Å²) in [7, 11) is 1.27. The van der Waals surface area contributed by atoms with Gasteiger partial charge >= 0.3 is 12.1 Å². The molecule has 0 saturated heterocycles. The van der Waals surface area contributed by atoms with E-state index in [2.05, 4.69) is 20.4 Å². The summed E-state index contributed by atoms with van der Waals surface area (Å²) in [6, 6.07) is 0. The number of alkyl halides is 3. The Morgan fingerprint density at radius 2 is 2.00 bits per heavy atom. The van der Waals surface area contributed by atoms with Crippen molar-refractivity contribution in [3.63, 3.8) is 0 Å². The second kappa shape index (κ2) is 8.60. The number of nitrogens with zero attached hydrogens (tertiary/aromatic N) is 1. The van der Waals surface area contributed by atoms with E-state index in [1.807, 2.05) is 0 Å². The zero-order valence-electron chi connectivity index (χ0n) is 10.4. The summed E-state index contributed by atoms with van der Waals surface area (Å²) in [5, 5.41) is 5.52. The molecule has 2 N–H and O–H groups in total. The van der Waals surface area contributed by atoms with Gasteiger partial charge in [0, 0.05) is 13.1 Å². The SMILES string of the molecule is CCNC(=NCCC(F)(F)F)NCCC(=O)OC. The van der Waals surface area contributed by atoms with Crippen LogP contribution in [0.2, 0.25) is 0 Å². The molecule has 0 unspecified atom stereocenters. The first-order valence-corrected chi connectivity index (χ1v) is 5.54. The molecule has 5 nitrogen and oxygen atoms in total. The highest BCUT2D eigenvalue weighted by Gasteiger charge is 2.26. The lowest BCUT2D eigenvalue weighted by atomic mass is 10.4.